The monoisotopic (exact) mass is 332 g/mol. The van der Waals surface area contributed by atoms with E-state index in [1.807, 2.05) is 0 Å². The fourth-order valence-corrected chi connectivity index (χ4v) is 2.13. The summed E-state index contributed by atoms with van der Waals surface area (Å²) < 4.78 is 0. The summed E-state index contributed by atoms with van der Waals surface area (Å²) >= 11 is 11.8. The van der Waals surface area contributed by atoms with Gasteiger partial charge in [0.05, 0.1) is 5.92 Å². The molecule has 2 atom stereocenters. The van der Waals surface area contributed by atoms with E-state index in [0.717, 1.165) is 5.56 Å². The number of hydrogen-bond donors (Lipinski definition) is 3. The number of carbonyl (C=O) groups excluding carboxylic acids is 1. The van der Waals surface area contributed by atoms with Crippen LogP contribution < -0.4 is 10.6 Å². The van der Waals surface area contributed by atoms with E-state index >= 15 is 0 Å². The van der Waals surface area contributed by atoms with Gasteiger partial charge in [0, 0.05) is 22.6 Å². The third kappa shape index (κ3) is 5.81. The van der Waals surface area contributed by atoms with Crippen molar-refractivity contribution in [3.63, 3.8) is 0 Å². The average molecular weight is 333 g/mol. The van der Waals surface area contributed by atoms with Gasteiger partial charge < -0.3 is 15.7 Å². The smallest absolute Gasteiger partial charge is 0.315 e. The summed E-state index contributed by atoms with van der Waals surface area (Å²) in [6.07, 6.45) is 0.562. The number of hydrogen-bond acceptors (Lipinski definition) is 2. The minimum atomic E-state index is -0.948. The van der Waals surface area contributed by atoms with E-state index in [1.165, 1.54) is 0 Å². The van der Waals surface area contributed by atoms with Crippen molar-refractivity contribution in [2.24, 2.45) is 5.92 Å². The Morgan fingerprint density at radius 3 is 2.52 bits per heavy atom. The summed E-state index contributed by atoms with van der Waals surface area (Å²) in [5.74, 6) is -1.60. The molecule has 0 heterocycles. The van der Waals surface area contributed by atoms with E-state index in [0.29, 0.717) is 23.0 Å². The lowest BCUT2D eigenvalue weighted by molar-refractivity contribution is -0.141. The standard InChI is InChI=1S/C14H18Cl2N2O3/c1-8(13(19)20)9(2)18-14(21)17-6-5-10-3-4-11(15)7-12(10)16/h3-4,7-9H,5-6H2,1-2H3,(H,19,20)(H2,17,18,21). The number of urea groups is 1. The molecule has 0 fully saturated rings. The van der Waals surface area contributed by atoms with E-state index in [4.69, 9.17) is 28.3 Å². The van der Waals surface area contributed by atoms with Gasteiger partial charge in [-0.05, 0) is 38.0 Å². The first-order chi connectivity index (χ1) is 9.81. The molecule has 0 bridgehead atoms. The molecular formula is C14H18Cl2N2O3. The third-order valence-electron chi connectivity index (χ3n) is 3.19. The number of halogens is 2. The lowest BCUT2D eigenvalue weighted by Gasteiger charge is -2.18. The Morgan fingerprint density at radius 2 is 1.95 bits per heavy atom. The summed E-state index contributed by atoms with van der Waals surface area (Å²) in [4.78, 5) is 22.4. The van der Waals surface area contributed by atoms with Crippen molar-refractivity contribution in [2.45, 2.75) is 26.3 Å². The molecule has 116 valence electrons. The quantitative estimate of drug-likeness (QED) is 0.749. The molecule has 0 radical (unpaired) electrons. The van der Waals surface area contributed by atoms with Gasteiger partial charge in [0.15, 0.2) is 0 Å². The number of carbonyl (C=O) groups is 2. The normalized spacial score (nSPS) is 13.3. The van der Waals surface area contributed by atoms with E-state index in [9.17, 15) is 9.59 Å². The highest BCUT2D eigenvalue weighted by atomic mass is 35.5. The summed E-state index contributed by atoms with van der Waals surface area (Å²) in [5, 5.41) is 15.2. The lowest BCUT2D eigenvalue weighted by atomic mass is 10.0. The third-order valence-corrected chi connectivity index (χ3v) is 3.78. The van der Waals surface area contributed by atoms with E-state index < -0.39 is 24.0 Å². The Bertz CT molecular complexity index is 523. The van der Waals surface area contributed by atoms with E-state index in [1.54, 1.807) is 32.0 Å². The van der Waals surface area contributed by atoms with Crippen LogP contribution in [0.15, 0.2) is 18.2 Å². The highest BCUT2D eigenvalue weighted by Gasteiger charge is 2.20. The van der Waals surface area contributed by atoms with Crippen molar-refractivity contribution in [1.82, 2.24) is 10.6 Å². The van der Waals surface area contributed by atoms with Gasteiger partial charge in [0.1, 0.15) is 0 Å². The molecule has 2 unspecified atom stereocenters. The van der Waals surface area contributed by atoms with Gasteiger partial charge in [-0.3, -0.25) is 4.79 Å². The number of carboxylic acids is 1. The fourth-order valence-electron chi connectivity index (χ4n) is 1.63. The molecule has 1 aromatic carbocycles. The number of benzene rings is 1. The van der Waals surface area contributed by atoms with E-state index in [-0.39, 0.29) is 0 Å². The molecule has 0 saturated heterocycles. The number of nitrogens with one attached hydrogen (secondary N) is 2. The summed E-state index contributed by atoms with van der Waals surface area (Å²) in [6.45, 7) is 3.58. The highest BCUT2D eigenvalue weighted by Crippen LogP contribution is 2.20. The molecular weight excluding hydrogens is 315 g/mol. The number of aliphatic carboxylic acids is 1. The predicted octanol–water partition coefficient (Wildman–Crippen LogP) is 2.94. The number of amides is 2. The second-order valence-corrected chi connectivity index (χ2v) is 5.65. The summed E-state index contributed by atoms with van der Waals surface area (Å²) in [6, 6.07) is 4.33. The van der Waals surface area contributed by atoms with Crippen LogP contribution in [-0.2, 0) is 11.2 Å². The maximum absolute atomic E-state index is 11.6. The van der Waals surface area contributed by atoms with Crippen LogP contribution in [0, 0.1) is 5.92 Å². The second-order valence-electron chi connectivity index (χ2n) is 4.80. The van der Waals surface area contributed by atoms with Crippen LogP contribution in [0.5, 0.6) is 0 Å². The minimum absolute atomic E-state index is 0.390. The molecule has 0 saturated carbocycles. The van der Waals surface area contributed by atoms with Crippen LogP contribution >= 0.6 is 23.2 Å². The molecule has 21 heavy (non-hydrogen) atoms. The van der Waals surface area contributed by atoms with Crippen LogP contribution in [0.25, 0.3) is 0 Å². The fraction of sp³-hybridized carbons (Fsp3) is 0.429. The SMILES string of the molecule is CC(NC(=O)NCCc1ccc(Cl)cc1Cl)C(C)C(=O)O. The molecule has 0 aliphatic heterocycles. The van der Waals surface area contributed by atoms with Crippen molar-refractivity contribution in [1.29, 1.82) is 0 Å². The van der Waals surface area contributed by atoms with Gasteiger partial charge in [0.2, 0.25) is 0 Å². The first-order valence-electron chi connectivity index (χ1n) is 6.52. The topological polar surface area (TPSA) is 78.4 Å². The van der Waals surface area contributed by atoms with Crippen LogP contribution in [0.3, 0.4) is 0 Å². The van der Waals surface area contributed by atoms with Crippen LogP contribution in [0.2, 0.25) is 10.0 Å². The van der Waals surface area contributed by atoms with Crippen LogP contribution in [0.1, 0.15) is 19.4 Å². The van der Waals surface area contributed by atoms with Crippen molar-refractivity contribution < 1.29 is 14.7 Å². The Morgan fingerprint density at radius 1 is 1.29 bits per heavy atom. The second kappa shape index (κ2) is 8.10. The molecule has 0 spiro atoms. The molecule has 0 aromatic heterocycles. The average Bonchev–Trinajstić information content (AvgIpc) is 2.40. The van der Waals surface area contributed by atoms with Gasteiger partial charge in [-0.25, -0.2) is 4.79 Å². The molecule has 5 nitrogen and oxygen atoms in total. The molecule has 0 aliphatic carbocycles. The first-order valence-corrected chi connectivity index (χ1v) is 7.28. The first kappa shape index (κ1) is 17.6. The number of carboxylic acid groups (broad SMARTS) is 1. The van der Waals surface area contributed by atoms with Gasteiger partial charge in [0.25, 0.3) is 0 Å². The Hall–Kier alpha value is -1.46. The van der Waals surface area contributed by atoms with Gasteiger partial charge >= 0.3 is 12.0 Å². The lowest BCUT2D eigenvalue weighted by Crippen LogP contribution is -2.45. The summed E-state index contributed by atoms with van der Waals surface area (Å²) in [5.41, 5.74) is 0.883. The molecule has 3 N–H and O–H groups in total. The highest BCUT2D eigenvalue weighted by molar-refractivity contribution is 6.35. The zero-order valence-electron chi connectivity index (χ0n) is 11.8. The van der Waals surface area contributed by atoms with E-state index in [2.05, 4.69) is 10.6 Å². The summed E-state index contributed by atoms with van der Waals surface area (Å²) in [7, 11) is 0. The zero-order valence-corrected chi connectivity index (χ0v) is 13.3. The van der Waals surface area contributed by atoms with Crippen molar-refractivity contribution in [3.8, 4) is 0 Å². The molecule has 1 aromatic rings. The minimum Gasteiger partial charge on any atom is -0.481 e. The van der Waals surface area contributed by atoms with Crippen LogP contribution in [0.4, 0.5) is 4.79 Å². The molecule has 1 rings (SSSR count). The van der Waals surface area contributed by atoms with Crippen molar-refractivity contribution >= 4 is 35.2 Å². The molecule has 7 heteroatoms. The molecule has 2 amide bonds. The Balaban J connectivity index is 2.38. The van der Waals surface area contributed by atoms with Gasteiger partial charge in [-0.2, -0.15) is 0 Å². The predicted molar refractivity (Wildman–Crippen MR) is 83.0 cm³/mol. The maximum atomic E-state index is 11.6. The maximum Gasteiger partial charge on any atom is 0.315 e. The van der Waals surface area contributed by atoms with Crippen molar-refractivity contribution in [2.75, 3.05) is 6.54 Å². The number of rotatable bonds is 6. The zero-order chi connectivity index (χ0) is 16.0. The largest absolute Gasteiger partial charge is 0.481 e. The Kier molecular flexibility index (Phi) is 6.78. The van der Waals surface area contributed by atoms with Crippen LogP contribution in [-0.4, -0.2) is 29.7 Å². The molecule has 0 aliphatic rings. The van der Waals surface area contributed by atoms with Crippen molar-refractivity contribution in [3.05, 3.63) is 33.8 Å². The van der Waals surface area contributed by atoms with Gasteiger partial charge in [-0.15, -0.1) is 0 Å². The van der Waals surface area contributed by atoms with Gasteiger partial charge in [-0.1, -0.05) is 29.3 Å². The Labute approximate surface area is 133 Å².